The van der Waals surface area contributed by atoms with Crippen molar-refractivity contribution in [3.8, 4) is 0 Å². The second-order valence-corrected chi connectivity index (χ2v) is 6.90. The van der Waals surface area contributed by atoms with Crippen LogP contribution in [0.25, 0.3) is 0 Å². The van der Waals surface area contributed by atoms with Crippen molar-refractivity contribution >= 4 is 28.5 Å². The van der Waals surface area contributed by atoms with E-state index in [1.54, 1.807) is 6.92 Å². The fraction of sp³-hybridized carbons (Fsp3) is 0.900. The highest BCUT2D eigenvalue weighted by atomic mass is 127. The Bertz CT molecular complexity index is 215. The quantitative estimate of drug-likeness (QED) is 0.584. The maximum atomic E-state index is 11.1. The van der Waals surface area contributed by atoms with Gasteiger partial charge in [0.25, 0.3) is 0 Å². The van der Waals surface area contributed by atoms with E-state index in [2.05, 4.69) is 27.9 Å². The van der Waals surface area contributed by atoms with E-state index in [4.69, 9.17) is 0 Å². The lowest BCUT2D eigenvalue weighted by molar-refractivity contribution is -0.122. The summed E-state index contributed by atoms with van der Waals surface area (Å²) in [7, 11) is 0. The third-order valence-electron chi connectivity index (χ3n) is 3.60. The first-order chi connectivity index (χ1) is 6.04. The minimum Gasteiger partial charge on any atom is -0.351 e. The first-order valence-corrected chi connectivity index (χ1v) is 6.09. The lowest BCUT2D eigenvalue weighted by Gasteiger charge is -2.51. The number of carbonyl (C=O) groups excluding carboxylic acids is 1. The van der Waals surface area contributed by atoms with Crippen molar-refractivity contribution < 1.29 is 4.79 Å². The van der Waals surface area contributed by atoms with E-state index in [0.29, 0.717) is 3.42 Å². The molecule has 3 aliphatic rings. The number of hydrogen-bond donors (Lipinski definition) is 1. The zero-order valence-corrected chi connectivity index (χ0v) is 10.2. The van der Waals surface area contributed by atoms with Crippen molar-refractivity contribution in [2.24, 2.45) is 0 Å². The lowest BCUT2D eigenvalue weighted by atomic mass is 9.65. The summed E-state index contributed by atoms with van der Waals surface area (Å²) in [6, 6.07) is 0. The standard InChI is InChI=1S/C10H16INO/c1-8(13)12-10-5-2-9(11,3-6-10)4-7-10/h2-7H2,1H3,(H,12,13). The second kappa shape index (κ2) is 3.11. The molecule has 1 amide bonds. The number of rotatable bonds is 1. The van der Waals surface area contributed by atoms with Gasteiger partial charge in [0.1, 0.15) is 0 Å². The molecule has 0 radical (unpaired) electrons. The zero-order valence-electron chi connectivity index (χ0n) is 8.03. The number of amides is 1. The number of halogens is 1. The molecular formula is C10H16INO. The van der Waals surface area contributed by atoms with E-state index >= 15 is 0 Å². The molecule has 13 heavy (non-hydrogen) atoms. The molecule has 0 aromatic carbocycles. The molecule has 3 saturated carbocycles. The maximum Gasteiger partial charge on any atom is 0.217 e. The van der Waals surface area contributed by atoms with Crippen LogP contribution >= 0.6 is 22.6 Å². The van der Waals surface area contributed by atoms with Crippen LogP contribution in [0.4, 0.5) is 0 Å². The predicted octanol–water partition coefficient (Wildman–Crippen LogP) is 2.40. The van der Waals surface area contributed by atoms with Crippen LogP contribution in [0.1, 0.15) is 45.4 Å². The minimum absolute atomic E-state index is 0.142. The van der Waals surface area contributed by atoms with E-state index in [0.717, 1.165) is 0 Å². The Hall–Kier alpha value is 0.200. The van der Waals surface area contributed by atoms with E-state index in [9.17, 15) is 4.79 Å². The molecule has 3 fully saturated rings. The summed E-state index contributed by atoms with van der Waals surface area (Å²) in [6.07, 6.45) is 7.43. The van der Waals surface area contributed by atoms with Gasteiger partial charge in [0, 0.05) is 15.9 Å². The van der Waals surface area contributed by atoms with Gasteiger partial charge in [0.05, 0.1) is 0 Å². The average Bonchev–Trinajstić information content (AvgIpc) is 2.07. The average molecular weight is 293 g/mol. The van der Waals surface area contributed by atoms with E-state index < -0.39 is 0 Å². The number of hydrogen-bond acceptors (Lipinski definition) is 1. The molecule has 2 bridgehead atoms. The Morgan fingerprint density at radius 2 is 1.62 bits per heavy atom. The van der Waals surface area contributed by atoms with Gasteiger partial charge in [-0.3, -0.25) is 4.79 Å². The topological polar surface area (TPSA) is 29.1 Å². The van der Waals surface area contributed by atoms with Crippen LogP contribution in [0.5, 0.6) is 0 Å². The van der Waals surface area contributed by atoms with Crippen LogP contribution < -0.4 is 5.32 Å². The molecule has 0 aromatic heterocycles. The first kappa shape index (κ1) is 9.74. The molecule has 2 nitrogen and oxygen atoms in total. The third kappa shape index (κ3) is 1.85. The van der Waals surface area contributed by atoms with Crippen molar-refractivity contribution in [1.82, 2.24) is 5.32 Å². The molecule has 1 N–H and O–H groups in total. The van der Waals surface area contributed by atoms with Gasteiger partial charge in [-0.25, -0.2) is 0 Å². The highest BCUT2D eigenvalue weighted by Gasteiger charge is 2.47. The fourth-order valence-corrected chi connectivity index (χ4v) is 3.51. The summed E-state index contributed by atoms with van der Waals surface area (Å²) in [4.78, 5) is 11.1. The monoisotopic (exact) mass is 293 g/mol. The highest BCUT2D eigenvalue weighted by molar-refractivity contribution is 14.1. The maximum absolute atomic E-state index is 11.1. The normalized spacial score (nSPS) is 43.2. The van der Waals surface area contributed by atoms with Gasteiger partial charge in [-0.1, -0.05) is 22.6 Å². The summed E-state index contributed by atoms with van der Waals surface area (Å²) in [5.41, 5.74) is 0.179. The van der Waals surface area contributed by atoms with Gasteiger partial charge >= 0.3 is 0 Å². The Balaban J connectivity index is 2.07. The molecule has 0 unspecified atom stereocenters. The van der Waals surface area contributed by atoms with Gasteiger partial charge in [-0.2, -0.15) is 0 Å². The molecule has 3 heteroatoms. The smallest absolute Gasteiger partial charge is 0.217 e. The van der Waals surface area contributed by atoms with Crippen LogP contribution in [-0.4, -0.2) is 14.9 Å². The zero-order chi connectivity index (χ0) is 9.53. The van der Waals surface area contributed by atoms with Crippen molar-refractivity contribution in [3.05, 3.63) is 0 Å². The van der Waals surface area contributed by atoms with Crippen LogP contribution in [0.3, 0.4) is 0 Å². The van der Waals surface area contributed by atoms with E-state index in [1.165, 1.54) is 38.5 Å². The summed E-state index contributed by atoms with van der Waals surface area (Å²) >= 11 is 2.62. The molecule has 3 rings (SSSR count). The predicted molar refractivity (Wildman–Crippen MR) is 61.0 cm³/mol. The summed E-state index contributed by atoms with van der Waals surface area (Å²) in [5, 5.41) is 3.16. The molecule has 0 saturated heterocycles. The summed E-state index contributed by atoms with van der Waals surface area (Å²) in [5.74, 6) is 0.142. The van der Waals surface area contributed by atoms with Crippen molar-refractivity contribution in [1.29, 1.82) is 0 Å². The van der Waals surface area contributed by atoms with Crippen LogP contribution in [0, 0.1) is 0 Å². The Labute approximate surface area is 93.0 Å². The van der Waals surface area contributed by atoms with Gasteiger partial charge in [0.2, 0.25) is 5.91 Å². The number of fused-ring (bicyclic) bond motifs is 3. The molecule has 0 atom stereocenters. The highest BCUT2D eigenvalue weighted by Crippen LogP contribution is 2.51. The molecule has 0 aliphatic heterocycles. The number of alkyl halides is 1. The SMILES string of the molecule is CC(=O)NC12CCC(I)(CC1)CC2. The Morgan fingerprint density at radius 3 is 2.00 bits per heavy atom. The first-order valence-electron chi connectivity index (χ1n) is 5.01. The largest absolute Gasteiger partial charge is 0.351 e. The minimum atomic E-state index is 0.142. The van der Waals surface area contributed by atoms with Crippen LogP contribution in [-0.2, 0) is 4.79 Å². The van der Waals surface area contributed by atoms with Gasteiger partial charge in [-0.05, 0) is 38.5 Å². The van der Waals surface area contributed by atoms with Crippen molar-refractivity contribution in [3.63, 3.8) is 0 Å². The fourth-order valence-electron chi connectivity index (χ4n) is 2.70. The molecule has 0 heterocycles. The number of carbonyl (C=O) groups is 1. The van der Waals surface area contributed by atoms with Gasteiger partial charge < -0.3 is 5.32 Å². The summed E-state index contributed by atoms with van der Waals surface area (Å²) in [6.45, 7) is 1.63. The third-order valence-corrected chi connectivity index (χ3v) is 5.21. The van der Waals surface area contributed by atoms with Crippen molar-refractivity contribution in [2.75, 3.05) is 0 Å². The lowest BCUT2D eigenvalue weighted by Crippen LogP contribution is -2.56. The van der Waals surface area contributed by atoms with Gasteiger partial charge in [0.15, 0.2) is 0 Å². The van der Waals surface area contributed by atoms with Gasteiger partial charge in [-0.15, -0.1) is 0 Å². The van der Waals surface area contributed by atoms with Crippen LogP contribution in [0.2, 0.25) is 0 Å². The molecular weight excluding hydrogens is 277 g/mol. The van der Waals surface area contributed by atoms with Crippen LogP contribution in [0.15, 0.2) is 0 Å². The Morgan fingerprint density at radius 1 is 1.15 bits per heavy atom. The second-order valence-electron chi connectivity index (χ2n) is 4.61. The van der Waals surface area contributed by atoms with E-state index in [1.807, 2.05) is 0 Å². The number of nitrogens with one attached hydrogen (secondary N) is 1. The molecule has 3 aliphatic carbocycles. The Kier molecular flexibility index (Phi) is 2.33. The molecule has 0 spiro atoms. The summed E-state index contributed by atoms with van der Waals surface area (Å²) < 4.78 is 0.567. The molecule has 74 valence electrons. The van der Waals surface area contributed by atoms with Crippen molar-refractivity contribution in [2.45, 2.75) is 54.4 Å². The molecule has 0 aromatic rings. The van der Waals surface area contributed by atoms with E-state index in [-0.39, 0.29) is 11.4 Å².